The van der Waals surface area contributed by atoms with Crippen molar-refractivity contribution < 1.29 is 4.79 Å². The van der Waals surface area contributed by atoms with Crippen LogP contribution in [0.2, 0.25) is 0 Å². The van der Waals surface area contributed by atoms with Crippen molar-refractivity contribution in [1.29, 1.82) is 0 Å². The van der Waals surface area contributed by atoms with E-state index in [1.807, 2.05) is 39.5 Å². The minimum absolute atomic E-state index is 0.159. The Hall–Kier alpha value is -1.81. The maximum absolute atomic E-state index is 12.2. The molecule has 2 rings (SSSR count). The van der Waals surface area contributed by atoms with Gasteiger partial charge in [-0.25, -0.2) is 0 Å². The van der Waals surface area contributed by atoms with Gasteiger partial charge in [0.25, 0.3) is 0 Å². The number of benzene rings is 1. The number of rotatable bonds is 5. The molecule has 4 heteroatoms. The summed E-state index contributed by atoms with van der Waals surface area (Å²) in [5, 5.41) is 4.18. The lowest BCUT2D eigenvalue weighted by Crippen LogP contribution is -2.26. The Morgan fingerprint density at radius 3 is 2.84 bits per heavy atom. The first-order chi connectivity index (χ1) is 9.15. The second-order valence-electron chi connectivity index (χ2n) is 4.80. The van der Waals surface area contributed by atoms with E-state index in [9.17, 15) is 4.79 Å². The molecule has 0 aliphatic rings. The fourth-order valence-electron chi connectivity index (χ4n) is 2.31. The molecule has 1 N–H and O–H groups in total. The number of carbonyl (C=O) groups excluding carboxylic acids is 1. The normalized spacial score (nSPS) is 10.9. The second kappa shape index (κ2) is 5.89. The van der Waals surface area contributed by atoms with Crippen molar-refractivity contribution in [3.05, 3.63) is 30.5 Å². The van der Waals surface area contributed by atoms with Crippen molar-refractivity contribution in [1.82, 2.24) is 9.88 Å². The van der Waals surface area contributed by atoms with Crippen LogP contribution in [0, 0.1) is 0 Å². The minimum Gasteiger partial charge on any atom is -0.348 e. The third-order valence-corrected chi connectivity index (χ3v) is 3.43. The van der Waals surface area contributed by atoms with Crippen LogP contribution in [0.15, 0.2) is 30.5 Å². The highest BCUT2D eigenvalue weighted by Gasteiger charge is 2.15. The van der Waals surface area contributed by atoms with Gasteiger partial charge >= 0.3 is 0 Å². The summed E-state index contributed by atoms with van der Waals surface area (Å²) in [5.41, 5.74) is 2.12. The van der Waals surface area contributed by atoms with Crippen LogP contribution in [-0.4, -0.2) is 31.1 Å². The molecule has 1 aromatic carbocycles. The Morgan fingerprint density at radius 2 is 2.11 bits per heavy atom. The Balaban J connectivity index is 2.21. The van der Waals surface area contributed by atoms with E-state index >= 15 is 0 Å². The quantitative estimate of drug-likeness (QED) is 0.835. The molecular formula is C15H21N3O. The van der Waals surface area contributed by atoms with Gasteiger partial charge in [-0.1, -0.05) is 18.2 Å². The molecule has 1 amide bonds. The van der Waals surface area contributed by atoms with Gasteiger partial charge in [-0.3, -0.25) is 4.79 Å². The van der Waals surface area contributed by atoms with Crippen LogP contribution < -0.4 is 10.2 Å². The van der Waals surface area contributed by atoms with E-state index in [4.69, 9.17) is 0 Å². The molecule has 102 valence electrons. The number of anilines is 1. The zero-order valence-electron chi connectivity index (χ0n) is 11.8. The minimum atomic E-state index is 0.159. The average molecular weight is 259 g/mol. The highest BCUT2D eigenvalue weighted by Crippen LogP contribution is 2.28. The number of nitrogens with one attached hydrogen (secondary N) is 1. The van der Waals surface area contributed by atoms with E-state index in [-0.39, 0.29) is 5.91 Å². The number of aromatic nitrogens is 1. The SMILES string of the molecule is CNCCCC(=O)N(C)c1cn(C)c2ccccc12. The number of nitrogens with zero attached hydrogens (tertiary/aromatic N) is 2. The predicted octanol–water partition coefficient (Wildman–Crippen LogP) is 2.14. The molecule has 0 unspecified atom stereocenters. The summed E-state index contributed by atoms with van der Waals surface area (Å²) in [4.78, 5) is 13.9. The van der Waals surface area contributed by atoms with Crippen molar-refractivity contribution in [2.24, 2.45) is 7.05 Å². The third kappa shape index (κ3) is 2.79. The van der Waals surface area contributed by atoms with Crippen LogP contribution in [0.1, 0.15) is 12.8 Å². The number of fused-ring (bicyclic) bond motifs is 1. The smallest absolute Gasteiger partial charge is 0.226 e. The van der Waals surface area contributed by atoms with Gasteiger partial charge in [0, 0.05) is 37.6 Å². The number of aryl methyl sites for hydroxylation is 1. The second-order valence-corrected chi connectivity index (χ2v) is 4.80. The number of hydrogen-bond acceptors (Lipinski definition) is 2. The maximum atomic E-state index is 12.2. The largest absolute Gasteiger partial charge is 0.348 e. The van der Waals surface area contributed by atoms with E-state index in [0.717, 1.165) is 29.6 Å². The molecule has 1 heterocycles. The summed E-state index contributed by atoms with van der Waals surface area (Å²) in [6, 6.07) is 8.15. The van der Waals surface area contributed by atoms with Crippen LogP contribution in [0.5, 0.6) is 0 Å². The summed E-state index contributed by atoms with van der Waals surface area (Å²) < 4.78 is 2.06. The van der Waals surface area contributed by atoms with Gasteiger partial charge < -0.3 is 14.8 Å². The van der Waals surface area contributed by atoms with Gasteiger partial charge in [-0.2, -0.15) is 0 Å². The molecular weight excluding hydrogens is 238 g/mol. The van der Waals surface area contributed by atoms with E-state index in [1.54, 1.807) is 4.90 Å². The van der Waals surface area contributed by atoms with Gasteiger partial charge in [0.2, 0.25) is 5.91 Å². The first kappa shape index (κ1) is 13.6. The average Bonchev–Trinajstić information content (AvgIpc) is 2.76. The first-order valence-electron chi connectivity index (χ1n) is 6.60. The van der Waals surface area contributed by atoms with Gasteiger partial charge in [-0.05, 0) is 26.1 Å². The van der Waals surface area contributed by atoms with Crippen molar-refractivity contribution in [2.45, 2.75) is 12.8 Å². The van der Waals surface area contributed by atoms with Crippen LogP contribution >= 0.6 is 0 Å². The standard InChI is InChI=1S/C15H21N3O/c1-16-10-6-9-15(19)18(3)14-11-17(2)13-8-5-4-7-12(13)14/h4-5,7-8,11,16H,6,9-10H2,1-3H3. The lowest BCUT2D eigenvalue weighted by atomic mass is 10.2. The zero-order valence-corrected chi connectivity index (χ0v) is 11.8. The van der Waals surface area contributed by atoms with Crippen LogP contribution in [-0.2, 0) is 11.8 Å². The topological polar surface area (TPSA) is 37.3 Å². The van der Waals surface area contributed by atoms with E-state index < -0.39 is 0 Å². The van der Waals surface area contributed by atoms with Crippen molar-refractivity contribution >= 4 is 22.5 Å². The Kier molecular flexibility index (Phi) is 4.22. The van der Waals surface area contributed by atoms with Gasteiger partial charge in [0.05, 0.1) is 5.69 Å². The molecule has 0 bridgehead atoms. The van der Waals surface area contributed by atoms with E-state index in [0.29, 0.717) is 6.42 Å². The van der Waals surface area contributed by atoms with E-state index in [2.05, 4.69) is 22.0 Å². The Morgan fingerprint density at radius 1 is 1.37 bits per heavy atom. The Bertz CT molecular complexity index is 574. The lowest BCUT2D eigenvalue weighted by molar-refractivity contribution is -0.118. The molecule has 0 atom stereocenters. The van der Waals surface area contributed by atoms with Crippen LogP contribution in [0.25, 0.3) is 10.9 Å². The summed E-state index contributed by atoms with van der Waals surface area (Å²) >= 11 is 0. The van der Waals surface area contributed by atoms with Crippen molar-refractivity contribution in [2.75, 3.05) is 25.5 Å². The van der Waals surface area contributed by atoms with Gasteiger partial charge in [-0.15, -0.1) is 0 Å². The third-order valence-electron chi connectivity index (χ3n) is 3.43. The van der Waals surface area contributed by atoms with Crippen LogP contribution in [0.4, 0.5) is 5.69 Å². The highest BCUT2D eigenvalue weighted by atomic mass is 16.2. The van der Waals surface area contributed by atoms with Crippen molar-refractivity contribution in [3.63, 3.8) is 0 Å². The fourth-order valence-corrected chi connectivity index (χ4v) is 2.31. The summed E-state index contributed by atoms with van der Waals surface area (Å²) in [7, 11) is 5.76. The summed E-state index contributed by atoms with van der Waals surface area (Å²) in [6.45, 7) is 0.870. The molecule has 2 aromatic rings. The fraction of sp³-hybridized carbons (Fsp3) is 0.400. The number of para-hydroxylation sites is 1. The molecule has 4 nitrogen and oxygen atoms in total. The monoisotopic (exact) mass is 259 g/mol. The molecule has 19 heavy (non-hydrogen) atoms. The number of amides is 1. The molecule has 0 saturated heterocycles. The van der Waals surface area contributed by atoms with Crippen LogP contribution in [0.3, 0.4) is 0 Å². The number of carbonyl (C=O) groups is 1. The molecule has 0 saturated carbocycles. The Labute approximate surface area is 114 Å². The molecule has 0 spiro atoms. The maximum Gasteiger partial charge on any atom is 0.226 e. The summed E-state index contributed by atoms with van der Waals surface area (Å²) in [6.07, 6.45) is 3.45. The lowest BCUT2D eigenvalue weighted by Gasteiger charge is -2.16. The molecule has 0 fully saturated rings. The first-order valence-corrected chi connectivity index (χ1v) is 6.60. The van der Waals surface area contributed by atoms with Gasteiger partial charge in [0.15, 0.2) is 0 Å². The summed E-state index contributed by atoms with van der Waals surface area (Å²) in [5.74, 6) is 0.159. The molecule has 0 aliphatic carbocycles. The van der Waals surface area contributed by atoms with Gasteiger partial charge in [0.1, 0.15) is 0 Å². The zero-order chi connectivity index (χ0) is 13.8. The van der Waals surface area contributed by atoms with E-state index in [1.165, 1.54) is 0 Å². The number of hydrogen-bond donors (Lipinski definition) is 1. The highest BCUT2D eigenvalue weighted by molar-refractivity contribution is 6.03. The predicted molar refractivity (Wildman–Crippen MR) is 79.5 cm³/mol. The molecule has 1 aromatic heterocycles. The van der Waals surface area contributed by atoms with Crippen molar-refractivity contribution in [3.8, 4) is 0 Å². The molecule has 0 aliphatic heterocycles. The molecule has 0 radical (unpaired) electrons.